The fourth-order valence-corrected chi connectivity index (χ4v) is 3.91. The Kier molecular flexibility index (Phi) is 5.12. The molecule has 30 heavy (non-hydrogen) atoms. The zero-order valence-electron chi connectivity index (χ0n) is 16.7. The Balaban J connectivity index is 1.61. The van der Waals surface area contributed by atoms with Gasteiger partial charge >= 0.3 is 11.7 Å². The standard InChI is InChI=1S/C23H21ClN2O4/c1-14-10-19-17(12-18(14)24)16(11-20(27)30-19)13-26-21(28)23(2,25-22(26)29)9-8-15-6-4-3-5-7-15/h3-7,10-12H,8-9,13H2,1-2H3,(H,25,29). The summed E-state index contributed by atoms with van der Waals surface area (Å²) in [5.41, 5.74) is 1.20. The molecule has 154 valence electrons. The van der Waals surface area contributed by atoms with E-state index in [1.165, 1.54) is 6.07 Å². The van der Waals surface area contributed by atoms with Gasteiger partial charge in [0.05, 0.1) is 6.54 Å². The second-order valence-electron chi connectivity index (χ2n) is 7.83. The molecule has 4 rings (SSSR count). The Hall–Kier alpha value is -3.12. The highest BCUT2D eigenvalue weighted by molar-refractivity contribution is 6.32. The Morgan fingerprint density at radius 1 is 1.10 bits per heavy atom. The van der Waals surface area contributed by atoms with Crippen LogP contribution < -0.4 is 10.9 Å². The van der Waals surface area contributed by atoms with Crippen LogP contribution in [0.4, 0.5) is 4.79 Å². The van der Waals surface area contributed by atoms with E-state index in [4.69, 9.17) is 16.0 Å². The van der Waals surface area contributed by atoms with Crippen molar-refractivity contribution in [2.45, 2.75) is 38.8 Å². The van der Waals surface area contributed by atoms with E-state index in [2.05, 4.69) is 5.32 Å². The summed E-state index contributed by atoms with van der Waals surface area (Å²) in [5.74, 6) is -0.317. The molecule has 0 bridgehead atoms. The molecule has 1 aliphatic rings. The smallest absolute Gasteiger partial charge is 0.336 e. The lowest BCUT2D eigenvalue weighted by Crippen LogP contribution is -2.44. The van der Waals surface area contributed by atoms with Crippen molar-refractivity contribution in [3.05, 3.63) is 80.7 Å². The summed E-state index contributed by atoms with van der Waals surface area (Å²) >= 11 is 6.24. The van der Waals surface area contributed by atoms with Crippen molar-refractivity contribution in [2.75, 3.05) is 0 Å². The largest absolute Gasteiger partial charge is 0.423 e. The number of benzene rings is 2. The van der Waals surface area contributed by atoms with Crippen LogP contribution in [0.2, 0.25) is 5.02 Å². The van der Waals surface area contributed by atoms with E-state index in [1.54, 1.807) is 19.1 Å². The van der Waals surface area contributed by atoms with Gasteiger partial charge in [-0.25, -0.2) is 9.59 Å². The Labute approximate surface area is 178 Å². The van der Waals surface area contributed by atoms with Crippen LogP contribution in [-0.2, 0) is 17.8 Å². The van der Waals surface area contributed by atoms with Gasteiger partial charge in [-0.15, -0.1) is 0 Å². The summed E-state index contributed by atoms with van der Waals surface area (Å²) in [6, 6.07) is 14.0. The minimum absolute atomic E-state index is 0.0346. The van der Waals surface area contributed by atoms with Gasteiger partial charge in [-0.3, -0.25) is 9.69 Å². The first-order chi connectivity index (χ1) is 14.3. The van der Waals surface area contributed by atoms with Crippen LogP contribution in [0.25, 0.3) is 11.0 Å². The molecule has 1 N–H and O–H groups in total. The Morgan fingerprint density at radius 3 is 2.57 bits per heavy atom. The lowest BCUT2D eigenvalue weighted by molar-refractivity contribution is -0.131. The number of hydrogen-bond donors (Lipinski definition) is 1. The number of aryl methyl sites for hydroxylation is 2. The van der Waals surface area contributed by atoms with Gasteiger partial charge in [-0.2, -0.15) is 0 Å². The van der Waals surface area contributed by atoms with Crippen molar-refractivity contribution >= 4 is 34.5 Å². The highest BCUT2D eigenvalue weighted by Gasteiger charge is 2.47. The quantitative estimate of drug-likeness (QED) is 0.491. The molecule has 2 aromatic carbocycles. The maximum absolute atomic E-state index is 13.1. The molecule has 0 spiro atoms. The number of hydrogen-bond acceptors (Lipinski definition) is 4. The molecule has 1 saturated heterocycles. The lowest BCUT2D eigenvalue weighted by Gasteiger charge is -2.22. The molecular weight excluding hydrogens is 404 g/mol. The van der Waals surface area contributed by atoms with Gasteiger partial charge in [0.15, 0.2) is 0 Å². The van der Waals surface area contributed by atoms with Crippen molar-refractivity contribution in [2.24, 2.45) is 0 Å². The molecular formula is C23H21ClN2O4. The average molecular weight is 425 g/mol. The number of halogens is 1. The van der Waals surface area contributed by atoms with E-state index in [-0.39, 0.29) is 12.5 Å². The van der Waals surface area contributed by atoms with Gasteiger partial charge in [-0.05, 0) is 55.5 Å². The predicted octanol–water partition coefficient (Wildman–Crippen LogP) is 4.20. The number of urea groups is 1. The summed E-state index contributed by atoms with van der Waals surface area (Å²) in [6.07, 6.45) is 1.13. The molecule has 1 unspecified atom stereocenters. The summed E-state index contributed by atoms with van der Waals surface area (Å²) in [4.78, 5) is 38.9. The van der Waals surface area contributed by atoms with Gasteiger partial charge in [0.25, 0.3) is 5.91 Å². The number of fused-ring (bicyclic) bond motifs is 1. The first-order valence-corrected chi connectivity index (χ1v) is 10.1. The number of nitrogens with one attached hydrogen (secondary N) is 1. The van der Waals surface area contributed by atoms with Crippen molar-refractivity contribution in [1.82, 2.24) is 10.2 Å². The van der Waals surface area contributed by atoms with E-state index < -0.39 is 17.2 Å². The highest BCUT2D eigenvalue weighted by atomic mass is 35.5. The molecule has 1 atom stereocenters. The fraction of sp³-hybridized carbons (Fsp3) is 0.261. The average Bonchev–Trinajstić information content (AvgIpc) is 2.92. The van der Waals surface area contributed by atoms with Crippen molar-refractivity contribution < 1.29 is 14.0 Å². The number of carbonyl (C=O) groups is 2. The van der Waals surface area contributed by atoms with Crippen molar-refractivity contribution in [1.29, 1.82) is 0 Å². The molecule has 3 amide bonds. The summed E-state index contributed by atoms with van der Waals surface area (Å²) in [5, 5.41) is 3.93. The van der Waals surface area contributed by atoms with Crippen LogP contribution in [0.1, 0.15) is 30.0 Å². The first-order valence-electron chi connectivity index (χ1n) is 9.68. The number of carbonyl (C=O) groups excluding carboxylic acids is 2. The molecule has 7 heteroatoms. The van der Waals surface area contributed by atoms with Gasteiger partial charge in [0, 0.05) is 16.5 Å². The van der Waals surface area contributed by atoms with Gasteiger partial charge in [-0.1, -0.05) is 41.9 Å². The number of imide groups is 1. The summed E-state index contributed by atoms with van der Waals surface area (Å²) in [6.45, 7) is 3.50. The van der Waals surface area contributed by atoms with Crippen LogP contribution in [0.5, 0.6) is 0 Å². The first kappa shape index (κ1) is 20.2. The van der Waals surface area contributed by atoms with Crippen LogP contribution in [-0.4, -0.2) is 22.4 Å². The maximum Gasteiger partial charge on any atom is 0.336 e. The molecule has 0 aliphatic carbocycles. The van der Waals surface area contributed by atoms with Gasteiger partial charge < -0.3 is 9.73 Å². The SMILES string of the molecule is Cc1cc2oc(=O)cc(CN3C(=O)NC(C)(CCc4ccccc4)C3=O)c2cc1Cl. The van der Waals surface area contributed by atoms with E-state index in [9.17, 15) is 14.4 Å². The highest BCUT2D eigenvalue weighted by Crippen LogP contribution is 2.29. The third-order valence-corrected chi connectivity index (χ3v) is 5.95. The molecule has 1 aliphatic heterocycles. The van der Waals surface area contributed by atoms with E-state index >= 15 is 0 Å². The normalized spacial score (nSPS) is 18.8. The Bertz CT molecular complexity index is 1210. The van der Waals surface area contributed by atoms with Gasteiger partial charge in [0.2, 0.25) is 0 Å². The van der Waals surface area contributed by atoms with Gasteiger partial charge in [0.1, 0.15) is 11.1 Å². The molecule has 3 aromatic rings. The minimum atomic E-state index is -1.00. The minimum Gasteiger partial charge on any atom is -0.423 e. The van der Waals surface area contributed by atoms with Crippen molar-refractivity contribution in [3.63, 3.8) is 0 Å². The van der Waals surface area contributed by atoms with Crippen LogP contribution >= 0.6 is 11.6 Å². The van der Waals surface area contributed by atoms with E-state index in [0.29, 0.717) is 34.4 Å². The fourth-order valence-electron chi connectivity index (χ4n) is 3.75. The Morgan fingerprint density at radius 2 is 1.83 bits per heavy atom. The second kappa shape index (κ2) is 7.61. The van der Waals surface area contributed by atoms with Crippen LogP contribution in [0, 0.1) is 6.92 Å². The molecule has 2 heterocycles. The number of nitrogens with zero attached hydrogens (tertiary/aromatic N) is 1. The molecule has 0 saturated carbocycles. The van der Waals surface area contributed by atoms with Crippen LogP contribution in [0.15, 0.2) is 57.7 Å². The lowest BCUT2D eigenvalue weighted by atomic mass is 9.93. The third kappa shape index (κ3) is 3.71. The van der Waals surface area contributed by atoms with E-state index in [1.807, 2.05) is 37.3 Å². The van der Waals surface area contributed by atoms with Crippen LogP contribution in [0.3, 0.4) is 0 Å². The molecule has 0 radical (unpaired) electrons. The maximum atomic E-state index is 13.1. The molecule has 1 fully saturated rings. The predicted molar refractivity (Wildman–Crippen MR) is 114 cm³/mol. The topological polar surface area (TPSA) is 79.6 Å². The zero-order valence-corrected chi connectivity index (χ0v) is 17.5. The molecule has 1 aromatic heterocycles. The third-order valence-electron chi connectivity index (χ3n) is 5.54. The number of rotatable bonds is 5. The monoisotopic (exact) mass is 424 g/mol. The molecule has 6 nitrogen and oxygen atoms in total. The summed E-state index contributed by atoms with van der Waals surface area (Å²) < 4.78 is 5.27. The van der Waals surface area contributed by atoms with E-state index in [0.717, 1.165) is 16.0 Å². The summed E-state index contributed by atoms with van der Waals surface area (Å²) in [7, 11) is 0. The number of amides is 3. The zero-order chi connectivity index (χ0) is 21.5. The van der Waals surface area contributed by atoms with Crippen molar-refractivity contribution in [3.8, 4) is 0 Å². The second-order valence-corrected chi connectivity index (χ2v) is 8.23.